The predicted molar refractivity (Wildman–Crippen MR) is 120 cm³/mol. The van der Waals surface area contributed by atoms with E-state index in [0.717, 1.165) is 39.0 Å². The number of amides is 2. The summed E-state index contributed by atoms with van der Waals surface area (Å²) < 4.78 is 10.4. The molecule has 2 aliphatic heterocycles. The van der Waals surface area contributed by atoms with Crippen molar-refractivity contribution in [2.45, 2.75) is 91.5 Å². The number of alkyl carbamates (subject to hydrolysis) is 2. The Morgan fingerprint density at radius 3 is 1.33 bits per heavy atom. The molecular weight excluding hydrogens is 384 g/mol. The number of hydrogen-bond donors (Lipinski definition) is 4. The molecule has 2 saturated heterocycles. The molecule has 0 aliphatic carbocycles. The van der Waals surface area contributed by atoms with Crippen LogP contribution in [0.4, 0.5) is 9.59 Å². The summed E-state index contributed by atoms with van der Waals surface area (Å²) in [5.74, 6) is 1.03. The van der Waals surface area contributed by atoms with Gasteiger partial charge in [-0.3, -0.25) is 0 Å². The van der Waals surface area contributed by atoms with E-state index in [0.29, 0.717) is 11.8 Å². The first-order valence-corrected chi connectivity index (χ1v) is 11.2. The van der Waals surface area contributed by atoms with Crippen LogP contribution in [0.2, 0.25) is 0 Å². The van der Waals surface area contributed by atoms with Gasteiger partial charge in [-0.15, -0.1) is 0 Å². The summed E-state index contributed by atoms with van der Waals surface area (Å²) in [5.41, 5.74) is -0.842. The number of hydrogen-bond acceptors (Lipinski definition) is 6. The van der Waals surface area contributed by atoms with Crippen LogP contribution in [-0.2, 0) is 9.47 Å². The smallest absolute Gasteiger partial charge is 0.407 e. The molecule has 2 fully saturated rings. The second kappa shape index (κ2) is 11.7. The van der Waals surface area contributed by atoms with Gasteiger partial charge in [-0.05, 0) is 79.3 Å². The number of ether oxygens (including phenoxy) is 2. The van der Waals surface area contributed by atoms with Crippen LogP contribution in [0.1, 0.15) is 68.2 Å². The topological polar surface area (TPSA) is 101 Å². The van der Waals surface area contributed by atoms with Crippen LogP contribution in [0, 0.1) is 11.8 Å². The molecule has 0 aromatic rings. The summed E-state index contributed by atoms with van der Waals surface area (Å²) in [7, 11) is 0. The van der Waals surface area contributed by atoms with Gasteiger partial charge < -0.3 is 30.7 Å². The molecule has 8 heteroatoms. The summed E-state index contributed by atoms with van der Waals surface area (Å²) in [6, 6.07) is 0.377. The Morgan fingerprint density at radius 2 is 1.07 bits per heavy atom. The summed E-state index contributed by atoms with van der Waals surface area (Å²) >= 11 is 0. The van der Waals surface area contributed by atoms with E-state index in [2.05, 4.69) is 35.1 Å². The average molecular weight is 429 g/mol. The third kappa shape index (κ3) is 11.6. The molecule has 2 rings (SSSR count). The lowest BCUT2D eigenvalue weighted by molar-refractivity contribution is 0.0468. The highest BCUT2D eigenvalue weighted by molar-refractivity contribution is 5.68. The van der Waals surface area contributed by atoms with Gasteiger partial charge in [-0.1, -0.05) is 13.8 Å². The highest BCUT2D eigenvalue weighted by Crippen LogP contribution is 2.14. The van der Waals surface area contributed by atoms with Crippen LogP contribution in [0.3, 0.4) is 0 Å². The lowest BCUT2D eigenvalue weighted by Gasteiger charge is -2.31. The lowest BCUT2D eigenvalue weighted by atomic mass is 9.95. The minimum atomic E-state index is -0.421. The number of piperidine rings is 2. The molecule has 2 amide bonds. The van der Waals surface area contributed by atoms with Crippen molar-refractivity contribution in [1.29, 1.82) is 0 Å². The number of rotatable bonds is 2. The summed E-state index contributed by atoms with van der Waals surface area (Å²) in [6.07, 6.45) is 1.56. The van der Waals surface area contributed by atoms with E-state index in [1.807, 2.05) is 41.5 Å². The molecule has 0 saturated carbocycles. The van der Waals surface area contributed by atoms with Gasteiger partial charge in [-0.2, -0.15) is 0 Å². The largest absolute Gasteiger partial charge is 0.444 e. The highest BCUT2D eigenvalue weighted by Gasteiger charge is 2.26. The maximum Gasteiger partial charge on any atom is 0.407 e. The molecule has 0 radical (unpaired) electrons. The second-order valence-electron chi connectivity index (χ2n) is 10.4. The Morgan fingerprint density at radius 1 is 0.733 bits per heavy atom. The highest BCUT2D eigenvalue weighted by atomic mass is 16.6. The lowest BCUT2D eigenvalue weighted by Crippen LogP contribution is -2.51. The molecule has 176 valence electrons. The zero-order valence-corrected chi connectivity index (χ0v) is 20.2. The van der Waals surface area contributed by atoms with Gasteiger partial charge in [0.15, 0.2) is 0 Å². The molecule has 4 N–H and O–H groups in total. The van der Waals surface area contributed by atoms with Gasteiger partial charge in [-0.25, -0.2) is 9.59 Å². The second-order valence-corrected chi connectivity index (χ2v) is 10.4. The normalized spacial score (nSPS) is 27.2. The van der Waals surface area contributed by atoms with Crippen LogP contribution < -0.4 is 21.3 Å². The Labute approximate surface area is 182 Å². The average Bonchev–Trinajstić information content (AvgIpc) is 2.56. The summed E-state index contributed by atoms with van der Waals surface area (Å²) in [5, 5.41) is 12.3. The summed E-state index contributed by atoms with van der Waals surface area (Å²) in [4.78, 5) is 23.0. The van der Waals surface area contributed by atoms with Crippen LogP contribution in [0.5, 0.6) is 0 Å². The van der Waals surface area contributed by atoms with Crippen LogP contribution in [0.15, 0.2) is 0 Å². The predicted octanol–water partition coefficient (Wildman–Crippen LogP) is 3.02. The molecule has 30 heavy (non-hydrogen) atoms. The Bertz CT molecular complexity index is 494. The monoisotopic (exact) mass is 428 g/mol. The van der Waals surface area contributed by atoms with Crippen LogP contribution >= 0.6 is 0 Å². The van der Waals surface area contributed by atoms with Crippen molar-refractivity contribution in [3.05, 3.63) is 0 Å². The molecule has 0 aromatic carbocycles. The fourth-order valence-corrected chi connectivity index (χ4v) is 3.28. The van der Waals surface area contributed by atoms with Crippen LogP contribution in [-0.4, -0.2) is 61.7 Å². The first-order chi connectivity index (χ1) is 13.8. The minimum absolute atomic E-state index is 0.189. The van der Waals surface area contributed by atoms with E-state index in [4.69, 9.17) is 9.47 Å². The van der Waals surface area contributed by atoms with E-state index < -0.39 is 11.2 Å². The molecule has 8 nitrogen and oxygen atoms in total. The molecule has 0 bridgehead atoms. The van der Waals surface area contributed by atoms with E-state index in [1.165, 1.54) is 0 Å². The van der Waals surface area contributed by atoms with Crippen molar-refractivity contribution < 1.29 is 19.1 Å². The Balaban J connectivity index is 0.000000300. The van der Waals surface area contributed by atoms with Crippen molar-refractivity contribution in [3.63, 3.8) is 0 Å². The molecule has 4 atom stereocenters. The molecular formula is C22H44N4O4. The molecule has 2 heterocycles. The maximum atomic E-state index is 11.5. The quantitative estimate of drug-likeness (QED) is 0.539. The molecule has 0 aromatic heterocycles. The van der Waals surface area contributed by atoms with Crippen molar-refractivity contribution in [2.24, 2.45) is 11.8 Å². The zero-order valence-electron chi connectivity index (χ0n) is 20.2. The van der Waals surface area contributed by atoms with E-state index in [-0.39, 0.29) is 24.3 Å². The Hall–Kier alpha value is -1.54. The summed E-state index contributed by atoms with van der Waals surface area (Å²) in [6.45, 7) is 19.3. The first-order valence-electron chi connectivity index (χ1n) is 11.2. The third-order valence-corrected chi connectivity index (χ3v) is 5.06. The van der Waals surface area contributed by atoms with Gasteiger partial charge >= 0.3 is 12.2 Å². The van der Waals surface area contributed by atoms with Crippen LogP contribution in [0.25, 0.3) is 0 Å². The van der Waals surface area contributed by atoms with Crippen molar-refractivity contribution in [2.75, 3.05) is 26.2 Å². The number of carbonyl (C=O) groups is 2. The third-order valence-electron chi connectivity index (χ3n) is 5.06. The maximum absolute atomic E-state index is 11.5. The number of nitrogens with one attached hydrogen (secondary N) is 4. The standard InChI is InChI=1S/2C11H22N2O2/c2*1-8-5-6-12-7-9(8)13-10(14)15-11(2,3)4/h2*8-9,12H,5-7H2,1-4H3,(H,13,14)/t2*8-,9-/m10/s1. The molecule has 0 unspecified atom stereocenters. The fraction of sp³-hybridized carbons (Fsp3) is 0.909. The minimum Gasteiger partial charge on any atom is -0.444 e. The molecule has 2 aliphatic rings. The van der Waals surface area contributed by atoms with Gasteiger partial charge in [0.25, 0.3) is 0 Å². The van der Waals surface area contributed by atoms with Gasteiger partial charge in [0, 0.05) is 25.2 Å². The van der Waals surface area contributed by atoms with Crippen molar-refractivity contribution >= 4 is 12.2 Å². The molecule has 0 spiro atoms. The SMILES string of the molecule is C[C@@H]1CCNC[C@H]1NC(=O)OC(C)(C)C.C[C@H]1CCNC[C@@H]1NC(=O)OC(C)(C)C. The first kappa shape index (κ1) is 26.5. The Kier molecular flexibility index (Phi) is 10.4. The van der Waals surface area contributed by atoms with E-state index in [9.17, 15) is 9.59 Å². The van der Waals surface area contributed by atoms with Crippen molar-refractivity contribution in [3.8, 4) is 0 Å². The zero-order chi connectivity index (χ0) is 22.9. The van der Waals surface area contributed by atoms with Crippen molar-refractivity contribution in [1.82, 2.24) is 21.3 Å². The van der Waals surface area contributed by atoms with E-state index in [1.54, 1.807) is 0 Å². The van der Waals surface area contributed by atoms with Gasteiger partial charge in [0.2, 0.25) is 0 Å². The number of carbonyl (C=O) groups excluding carboxylic acids is 2. The van der Waals surface area contributed by atoms with Gasteiger partial charge in [0.1, 0.15) is 11.2 Å². The van der Waals surface area contributed by atoms with E-state index >= 15 is 0 Å². The fourth-order valence-electron chi connectivity index (χ4n) is 3.28. The van der Waals surface area contributed by atoms with Gasteiger partial charge in [0.05, 0.1) is 0 Å².